The summed E-state index contributed by atoms with van der Waals surface area (Å²) in [5.41, 5.74) is 1.41. The number of benzene rings is 1. The van der Waals surface area contributed by atoms with Crippen LogP contribution in [0.1, 0.15) is 5.89 Å². The number of pyridine rings is 1. The van der Waals surface area contributed by atoms with Gasteiger partial charge in [-0.2, -0.15) is 10.1 Å². The Morgan fingerprint density at radius 3 is 2.52 bits per heavy atom. The van der Waals surface area contributed by atoms with Crippen molar-refractivity contribution in [2.24, 2.45) is 7.05 Å². The van der Waals surface area contributed by atoms with Crippen molar-refractivity contribution >= 4 is 17.9 Å². The summed E-state index contributed by atoms with van der Waals surface area (Å²) in [6.07, 6.45) is 1.79. The van der Waals surface area contributed by atoms with Gasteiger partial charge in [0, 0.05) is 25.7 Å². The molecule has 1 aromatic carbocycles. The van der Waals surface area contributed by atoms with Gasteiger partial charge >= 0.3 is 0 Å². The van der Waals surface area contributed by atoms with Gasteiger partial charge in [-0.1, -0.05) is 11.2 Å². The van der Waals surface area contributed by atoms with Crippen LogP contribution in [0.4, 0.5) is 20.3 Å². The Hall–Kier alpha value is -3.95. The third-order valence-corrected chi connectivity index (χ3v) is 4.21. The fraction of sp³-hybridized carbons (Fsp3) is 0.105. The first kappa shape index (κ1) is 18.4. The van der Waals surface area contributed by atoms with Gasteiger partial charge in [0.15, 0.2) is 0 Å². The first-order chi connectivity index (χ1) is 14.0. The van der Waals surface area contributed by atoms with E-state index >= 15 is 0 Å². The molecular formula is C19H14F2N6O2. The molecule has 0 bridgehead atoms. The molecule has 0 unspecified atom stereocenters. The molecule has 3 aromatic heterocycles. The minimum Gasteiger partial charge on any atom is -0.339 e. The van der Waals surface area contributed by atoms with Crippen LogP contribution < -0.4 is 4.90 Å². The fourth-order valence-corrected chi connectivity index (χ4v) is 2.87. The van der Waals surface area contributed by atoms with Gasteiger partial charge in [0.2, 0.25) is 18.1 Å². The second kappa shape index (κ2) is 7.23. The molecule has 0 atom stereocenters. The number of carbonyl (C=O) groups excluding carboxylic acids is 1. The van der Waals surface area contributed by atoms with Gasteiger partial charge in [0.25, 0.3) is 0 Å². The van der Waals surface area contributed by atoms with E-state index in [0.29, 0.717) is 35.1 Å². The summed E-state index contributed by atoms with van der Waals surface area (Å²) in [5.74, 6) is -0.878. The second-order valence-corrected chi connectivity index (χ2v) is 6.13. The maximum atomic E-state index is 14.0. The molecule has 0 aliphatic carbocycles. The highest BCUT2D eigenvalue weighted by Gasteiger charge is 2.19. The fourth-order valence-electron chi connectivity index (χ4n) is 2.87. The van der Waals surface area contributed by atoms with Gasteiger partial charge in [-0.25, -0.2) is 13.8 Å². The lowest BCUT2D eigenvalue weighted by Crippen LogP contribution is -2.18. The number of hydrogen-bond donors (Lipinski definition) is 0. The van der Waals surface area contributed by atoms with E-state index in [4.69, 9.17) is 4.52 Å². The van der Waals surface area contributed by atoms with Crippen LogP contribution in [0.2, 0.25) is 0 Å². The third kappa shape index (κ3) is 3.35. The lowest BCUT2D eigenvalue weighted by molar-refractivity contribution is -0.106. The third-order valence-electron chi connectivity index (χ3n) is 4.21. The van der Waals surface area contributed by atoms with Crippen LogP contribution in [0.5, 0.6) is 0 Å². The van der Waals surface area contributed by atoms with Crippen LogP contribution in [0.3, 0.4) is 0 Å². The first-order valence-electron chi connectivity index (χ1n) is 8.47. The molecule has 10 heteroatoms. The van der Waals surface area contributed by atoms with Crippen molar-refractivity contribution in [3.8, 4) is 22.8 Å². The normalized spacial score (nSPS) is 10.9. The average Bonchev–Trinajstić information content (AvgIpc) is 3.31. The Bertz CT molecular complexity index is 1170. The van der Waals surface area contributed by atoms with Crippen LogP contribution >= 0.6 is 0 Å². The number of halogens is 2. The van der Waals surface area contributed by atoms with Gasteiger partial charge in [-0.05, 0) is 30.3 Å². The number of anilines is 2. The van der Waals surface area contributed by atoms with E-state index in [1.165, 1.54) is 18.3 Å². The number of para-hydroxylation sites is 1. The Labute approximate surface area is 163 Å². The van der Waals surface area contributed by atoms with Crippen LogP contribution in [0.25, 0.3) is 22.8 Å². The lowest BCUT2D eigenvalue weighted by atomic mass is 10.2. The van der Waals surface area contributed by atoms with Crippen LogP contribution in [-0.2, 0) is 11.8 Å². The summed E-state index contributed by atoms with van der Waals surface area (Å²) in [7, 11) is 1.74. The van der Waals surface area contributed by atoms with Crippen LogP contribution in [0, 0.1) is 18.6 Å². The molecule has 0 saturated carbocycles. The average molecular weight is 396 g/mol. The van der Waals surface area contributed by atoms with Crippen molar-refractivity contribution < 1.29 is 18.1 Å². The maximum Gasteiger partial charge on any atom is 0.223 e. The number of carbonyl (C=O) groups is 1. The van der Waals surface area contributed by atoms with E-state index in [-0.39, 0.29) is 5.82 Å². The number of aromatic nitrogens is 5. The highest BCUT2D eigenvalue weighted by molar-refractivity contribution is 5.85. The molecule has 146 valence electrons. The summed E-state index contributed by atoms with van der Waals surface area (Å²) in [6, 6.07) is 8.27. The minimum absolute atomic E-state index is 0.0731. The highest BCUT2D eigenvalue weighted by Crippen LogP contribution is 2.30. The molecule has 0 radical (unpaired) electrons. The number of amides is 1. The van der Waals surface area contributed by atoms with Gasteiger partial charge in [0.1, 0.15) is 28.8 Å². The Balaban J connectivity index is 1.68. The van der Waals surface area contributed by atoms with E-state index in [9.17, 15) is 13.6 Å². The van der Waals surface area contributed by atoms with Gasteiger partial charge in [0.05, 0.1) is 5.69 Å². The molecule has 29 heavy (non-hydrogen) atoms. The monoisotopic (exact) mass is 396 g/mol. The van der Waals surface area contributed by atoms with Crippen LogP contribution in [0.15, 0.2) is 47.1 Å². The summed E-state index contributed by atoms with van der Waals surface area (Å²) in [6.45, 7) is 1.68. The smallest absolute Gasteiger partial charge is 0.223 e. The number of rotatable bonds is 5. The molecule has 4 rings (SSSR count). The molecule has 0 spiro atoms. The predicted octanol–water partition coefficient (Wildman–Crippen LogP) is 3.41. The summed E-state index contributed by atoms with van der Waals surface area (Å²) < 4.78 is 34.7. The molecule has 0 N–H and O–H groups in total. The standard InChI is InChI=1S/C19H14F2N6O2/c1-11-23-19(25-29-11)15-8-16(26(2)24-15)12-6-7-17(22-9-12)27(10-28)18-13(20)4-3-5-14(18)21/h3-10H,1-2H3. The van der Waals surface area contributed by atoms with Crippen molar-refractivity contribution in [3.05, 3.63) is 60.1 Å². The Kier molecular flexibility index (Phi) is 4.59. The zero-order chi connectivity index (χ0) is 20.5. The van der Waals surface area contributed by atoms with Gasteiger partial charge in [-0.3, -0.25) is 14.4 Å². The quantitative estimate of drug-likeness (QED) is 0.480. The predicted molar refractivity (Wildman–Crippen MR) is 99.0 cm³/mol. The van der Waals surface area contributed by atoms with E-state index < -0.39 is 17.3 Å². The molecule has 4 aromatic rings. The molecule has 0 aliphatic rings. The maximum absolute atomic E-state index is 14.0. The summed E-state index contributed by atoms with van der Waals surface area (Å²) in [5, 5.41) is 8.19. The van der Waals surface area contributed by atoms with Crippen LogP contribution in [-0.4, -0.2) is 31.3 Å². The molecule has 0 aliphatic heterocycles. The summed E-state index contributed by atoms with van der Waals surface area (Å²) >= 11 is 0. The molecular weight excluding hydrogens is 382 g/mol. The lowest BCUT2D eigenvalue weighted by Gasteiger charge is -2.18. The SMILES string of the molecule is Cc1nc(-c2cc(-c3ccc(N(C=O)c4c(F)cccc4F)nc3)n(C)n2)no1. The summed E-state index contributed by atoms with van der Waals surface area (Å²) in [4.78, 5) is 20.6. The zero-order valence-corrected chi connectivity index (χ0v) is 15.4. The largest absolute Gasteiger partial charge is 0.339 e. The van der Waals surface area contributed by atoms with E-state index in [1.807, 2.05) is 0 Å². The van der Waals surface area contributed by atoms with E-state index in [1.54, 1.807) is 30.8 Å². The van der Waals surface area contributed by atoms with E-state index in [2.05, 4.69) is 20.2 Å². The molecule has 1 amide bonds. The molecule has 8 nitrogen and oxygen atoms in total. The van der Waals surface area contributed by atoms with Crippen molar-refractivity contribution in [2.45, 2.75) is 6.92 Å². The number of hydrogen-bond acceptors (Lipinski definition) is 6. The Morgan fingerprint density at radius 2 is 1.93 bits per heavy atom. The first-order valence-corrected chi connectivity index (χ1v) is 8.47. The van der Waals surface area contributed by atoms with Crippen molar-refractivity contribution in [3.63, 3.8) is 0 Å². The topological polar surface area (TPSA) is 89.9 Å². The minimum atomic E-state index is -0.866. The van der Waals surface area contributed by atoms with E-state index in [0.717, 1.165) is 17.0 Å². The molecule has 0 fully saturated rings. The number of nitrogens with zero attached hydrogens (tertiary/aromatic N) is 6. The molecule has 3 heterocycles. The van der Waals surface area contributed by atoms with Crippen molar-refractivity contribution in [2.75, 3.05) is 4.90 Å². The molecule has 0 saturated heterocycles. The van der Waals surface area contributed by atoms with Gasteiger partial charge in [-0.15, -0.1) is 0 Å². The zero-order valence-electron chi connectivity index (χ0n) is 15.4. The second-order valence-electron chi connectivity index (χ2n) is 6.13. The highest BCUT2D eigenvalue weighted by atomic mass is 19.1. The van der Waals surface area contributed by atoms with Crippen molar-refractivity contribution in [1.82, 2.24) is 24.9 Å². The van der Waals surface area contributed by atoms with Gasteiger partial charge < -0.3 is 4.52 Å². The van der Waals surface area contributed by atoms with Crippen molar-refractivity contribution in [1.29, 1.82) is 0 Å². The Morgan fingerprint density at radius 1 is 1.17 bits per heavy atom. The number of aryl methyl sites for hydroxylation is 2.